The van der Waals surface area contributed by atoms with Crippen LogP contribution in [0.1, 0.15) is 23.0 Å². The van der Waals surface area contributed by atoms with Gasteiger partial charge in [-0.1, -0.05) is 0 Å². The number of fused-ring (bicyclic) bond motifs is 1. The van der Waals surface area contributed by atoms with Crippen molar-refractivity contribution in [3.63, 3.8) is 0 Å². The first-order valence-corrected chi connectivity index (χ1v) is 7.06. The summed E-state index contributed by atoms with van der Waals surface area (Å²) in [5.41, 5.74) is 2.14. The van der Waals surface area contributed by atoms with Crippen LogP contribution in [0, 0.1) is 6.92 Å². The van der Waals surface area contributed by atoms with Gasteiger partial charge in [-0.3, -0.25) is 9.78 Å². The van der Waals surface area contributed by atoms with Gasteiger partial charge in [0.15, 0.2) is 5.76 Å². The van der Waals surface area contributed by atoms with Gasteiger partial charge < -0.3 is 14.5 Å². The van der Waals surface area contributed by atoms with E-state index in [1.165, 1.54) is 0 Å². The van der Waals surface area contributed by atoms with Crippen molar-refractivity contribution in [3.8, 4) is 5.75 Å². The summed E-state index contributed by atoms with van der Waals surface area (Å²) in [7, 11) is 0. The number of ether oxygens (including phenoxy) is 1. The SMILES string of the molecule is CCOc1ccc2oc(C(=O)Nc3ccncc3)c(C)c2c1. The van der Waals surface area contributed by atoms with Gasteiger partial charge in [0.1, 0.15) is 11.3 Å². The topological polar surface area (TPSA) is 64.4 Å². The molecule has 0 radical (unpaired) electrons. The zero-order valence-electron chi connectivity index (χ0n) is 12.4. The molecule has 1 amide bonds. The summed E-state index contributed by atoms with van der Waals surface area (Å²) in [4.78, 5) is 16.3. The first kappa shape index (κ1) is 14.1. The Bertz CT molecular complexity index is 809. The average Bonchev–Trinajstić information content (AvgIpc) is 2.86. The van der Waals surface area contributed by atoms with Gasteiger partial charge in [0.2, 0.25) is 0 Å². The van der Waals surface area contributed by atoms with Crippen LogP contribution in [0.3, 0.4) is 0 Å². The van der Waals surface area contributed by atoms with Gasteiger partial charge in [-0.2, -0.15) is 0 Å². The Morgan fingerprint density at radius 2 is 2.05 bits per heavy atom. The highest BCUT2D eigenvalue weighted by Gasteiger charge is 2.18. The molecule has 5 heteroatoms. The lowest BCUT2D eigenvalue weighted by Crippen LogP contribution is -2.11. The molecule has 5 nitrogen and oxygen atoms in total. The van der Waals surface area contributed by atoms with Crippen molar-refractivity contribution in [2.24, 2.45) is 0 Å². The standard InChI is InChI=1S/C17H16N2O3/c1-3-21-13-4-5-15-14(10-13)11(2)16(22-15)17(20)19-12-6-8-18-9-7-12/h4-10H,3H2,1-2H3,(H,18,19,20). The smallest absolute Gasteiger partial charge is 0.291 e. The van der Waals surface area contributed by atoms with E-state index in [0.717, 1.165) is 16.7 Å². The van der Waals surface area contributed by atoms with Crippen LogP contribution in [0.2, 0.25) is 0 Å². The molecule has 2 heterocycles. The number of pyridine rings is 1. The van der Waals surface area contributed by atoms with E-state index in [4.69, 9.17) is 9.15 Å². The van der Waals surface area contributed by atoms with Crippen molar-refractivity contribution in [3.05, 3.63) is 54.0 Å². The second-order valence-electron chi connectivity index (χ2n) is 4.84. The maximum absolute atomic E-state index is 12.4. The Balaban J connectivity index is 1.93. The van der Waals surface area contributed by atoms with Crippen molar-refractivity contribution in [2.75, 3.05) is 11.9 Å². The van der Waals surface area contributed by atoms with Gasteiger partial charge in [-0.15, -0.1) is 0 Å². The highest BCUT2D eigenvalue weighted by atomic mass is 16.5. The maximum Gasteiger partial charge on any atom is 0.291 e. The minimum Gasteiger partial charge on any atom is -0.494 e. The quantitative estimate of drug-likeness (QED) is 0.795. The molecule has 0 spiro atoms. The molecule has 3 aromatic rings. The van der Waals surface area contributed by atoms with Crippen LogP contribution >= 0.6 is 0 Å². The molecule has 2 aromatic heterocycles. The fourth-order valence-electron chi connectivity index (χ4n) is 2.30. The monoisotopic (exact) mass is 296 g/mol. The third-order valence-electron chi connectivity index (χ3n) is 3.36. The lowest BCUT2D eigenvalue weighted by Gasteiger charge is -2.02. The maximum atomic E-state index is 12.4. The van der Waals surface area contributed by atoms with Gasteiger partial charge >= 0.3 is 0 Å². The Morgan fingerprint density at radius 3 is 2.77 bits per heavy atom. The summed E-state index contributed by atoms with van der Waals surface area (Å²) in [6.45, 7) is 4.39. The summed E-state index contributed by atoms with van der Waals surface area (Å²) >= 11 is 0. The summed E-state index contributed by atoms with van der Waals surface area (Å²) in [5.74, 6) is 0.790. The minimum atomic E-state index is -0.280. The largest absolute Gasteiger partial charge is 0.494 e. The predicted molar refractivity (Wildman–Crippen MR) is 84.3 cm³/mol. The minimum absolute atomic E-state index is 0.280. The van der Waals surface area contributed by atoms with E-state index in [0.29, 0.717) is 23.6 Å². The zero-order valence-corrected chi connectivity index (χ0v) is 12.4. The van der Waals surface area contributed by atoms with Gasteiger partial charge in [0.25, 0.3) is 5.91 Å². The number of nitrogens with one attached hydrogen (secondary N) is 1. The van der Waals surface area contributed by atoms with Gasteiger partial charge in [0.05, 0.1) is 6.61 Å². The Hall–Kier alpha value is -2.82. The fraction of sp³-hybridized carbons (Fsp3) is 0.176. The second kappa shape index (κ2) is 5.89. The number of aromatic nitrogens is 1. The van der Waals surface area contributed by atoms with E-state index < -0.39 is 0 Å². The van der Waals surface area contributed by atoms with Crippen molar-refractivity contribution < 1.29 is 13.9 Å². The summed E-state index contributed by atoms with van der Waals surface area (Å²) in [6, 6.07) is 8.99. The van der Waals surface area contributed by atoms with Crippen molar-refractivity contribution in [1.82, 2.24) is 4.98 Å². The molecular weight excluding hydrogens is 280 g/mol. The van der Waals surface area contributed by atoms with Crippen LogP contribution in [0.25, 0.3) is 11.0 Å². The molecule has 112 valence electrons. The summed E-state index contributed by atoms with van der Waals surface area (Å²) in [5, 5.41) is 3.68. The van der Waals surface area contributed by atoms with Crippen LogP contribution in [0.15, 0.2) is 47.1 Å². The predicted octanol–water partition coefficient (Wildman–Crippen LogP) is 3.79. The number of furan rings is 1. The first-order chi connectivity index (χ1) is 10.7. The third-order valence-corrected chi connectivity index (χ3v) is 3.36. The molecule has 3 rings (SSSR count). The number of benzene rings is 1. The van der Waals surface area contributed by atoms with Crippen LogP contribution < -0.4 is 10.1 Å². The number of hydrogen-bond donors (Lipinski definition) is 1. The Labute approximate surface area is 127 Å². The molecular formula is C17H16N2O3. The molecule has 0 bridgehead atoms. The number of rotatable bonds is 4. The lowest BCUT2D eigenvalue weighted by molar-refractivity contribution is 0.0998. The van der Waals surface area contributed by atoms with Gasteiger partial charge in [-0.05, 0) is 44.2 Å². The number of amides is 1. The Kier molecular flexibility index (Phi) is 3.78. The molecule has 0 unspecified atom stereocenters. The normalized spacial score (nSPS) is 10.6. The second-order valence-corrected chi connectivity index (χ2v) is 4.84. The summed E-state index contributed by atoms with van der Waals surface area (Å²) < 4.78 is 11.2. The molecule has 0 atom stereocenters. The number of carbonyl (C=O) groups excluding carboxylic acids is 1. The highest BCUT2D eigenvalue weighted by Crippen LogP contribution is 2.29. The van der Waals surface area contributed by atoms with E-state index in [1.807, 2.05) is 32.0 Å². The third kappa shape index (κ3) is 2.65. The lowest BCUT2D eigenvalue weighted by atomic mass is 10.1. The molecule has 0 saturated heterocycles. The average molecular weight is 296 g/mol. The molecule has 22 heavy (non-hydrogen) atoms. The van der Waals surface area contributed by atoms with Crippen LogP contribution in [0.4, 0.5) is 5.69 Å². The van der Waals surface area contributed by atoms with Crippen molar-refractivity contribution >= 4 is 22.6 Å². The van der Waals surface area contributed by atoms with E-state index in [-0.39, 0.29) is 5.91 Å². The van der Waals surface area contributed by atoms with Crippen LogP contribution in [-0.4, -0.2) is 17.5 Å². The number of aryl methyl sites for hydroxylation is 1. The van der Waals surface area contributed by atoms with Gasteiger partial charge in [0, 0.05) is 29.0 Å². The van der Waals surface area contributed by atoms with E-state index in [2.05, 4.69) is 10.3 Å². The molecule has 0 aliphatic heterocycles. The van der Waals surface area contributed by atoms with Crippen LogP contribution in [-0.2, 0) is 0 Å². The van der Waals surface area contributed by atoms with Crippen molar-refractivity contribution in [2.45, 2.75) is 13.8 Å². The van der Waals surface area contributed by atoms with E-state index in [1.54, 1.807) is 24.5 Å². The number of carbonyl (C=O) groups is 1. The highest BCUT2D eigenvalue weighted by molar-refractivity contribution is 6.06. The van der Waals surface area contributed by atoms with E-state index in [9.17, 15) is 4.79 Å². The molecule has 0 aliphatic rings. The van der Waals surface area contributed by atoms with Gasteiger partial charge in [-0.25, -0.2) is 0 Å². The van der Waals surface area contributed by atoms with Crippen molar-refractivity contribution in [1.29, 1.82) is 0 Å². The molecule has 1 N–H and O–H groups in total. The number of anilines is 1. The summed E-state index contributed by atoms with van der Waals surface area (Å²) in [6.07, 6.45) is 3.24. The number of hydrogen-bond acceptors (Lipinski definition) is 4. The number of nitrogens with zero attached hydrogens (tertiary/aromatic N) is 1. The molecule has 0 fully saturated rings. The first-order valence-electron chi connectivity index (χ1n) is 7.06. The van der Waals surface area contributed by atoms with E-state index >= 15 is 0 Å². The fourth-order valence-corrected chi connectivity index (χ4v) is 2.30. The Morgan fingerprint density at radius 1 is 1.27 bits per heavy atom. The zero-order chi connectivity index (χ0) is 15.5. The molecule has 0 aliphatic carbocycles. The van der Waals surface area contributed by atoms with Crippen LogP contribution in [0.5, 0.6) is 5.75 Å². The molecule has 0 saturated carbocycles. The molecule has 1 aromatic carbocycles.